The van der Waals surface area contributed by atoms with Gasteiger partial charge in [-0.2, -0.15) is 0 Å². The van der Waals surface area contributed by atoms with E-state index in [0.29, 0.717) is 22.8 Å². The molecule has 0 atom stereocenters. The van der Waals surface area contributed by atoms with E-state index in [1.54, 1.807) is 33.5 Å². The van der Waals surface area contributed by atoms with Crippen LogP contribution in [-0.4, -0.2) is 69.3 Å². The largest absolute Gasteiger partial charge is 0.493 e. The highest BCUT2D eigenvalue weighted by Crippen LogP contribution is 2.55. The average Bonchev–Trinajstić information content (AvgIpc) is 2.77. The number of carbonyl (C=O) groups is 1. The zero-order chi connectivity index (χ0) is 20.8. The third-order valence-electron chi connectivity index (χ3n) is 8.11. The smallest absolute Gasteiger partial charge is 0.254 e. The third kappa shape index (κ3) is 3.33. The van der Waals surface area contributed by atoms with Crippen LogP contribution in [0, 0.1) is 23.7 Å². The van der Waals surface area contributed by atoms with Crippen molar-refractivity contribution in [2.45, 2.75) is 38.1 Å². The number of benzene rings is 1. The lowest BCUT2D eigenvalue weighted by Crippen LogP contribution is -2.60. The van der Waals surface area contributed by atoms with Gasteiger partial charge >= 0.3 is 0 Å². The van der Waals surface area contributed by atoms with E-state index in [1.165, 1.54) is 32.1 Å². The molecule has 0 unspecified atom stereocenters. The zero-order valence-electron chi connectivity index (χ0n) is 18.4. The van der Waals surface area contributed by atoms with Gasteiger partial charge in [-0.05, 0) is 67.9 Å². The van der Waals surface area contributed by atoms with Gasteiger partial charge in [-0.3, -0.25) is 9.69 Å². The SMILES string of the molecule is COc1cc(C(=O)N2CCN(C3C4CC5CC(C4)CC3C5)CC2)cc(OC)c1OC. The monoisotopic (exact) mass is 414 g/mol. The molecule has 4 bridgehead atoms. The Hall–Kier alpha value is -1.95. The molecule has 1 heterocycles. The van der Waals surface area contributed by atoms with Crippen LogP contribution in [0.15, 0.2) is 12.1 Å². The first-order valence-electron chi connectivity index (χ1n) is 11.4. The van der Waals surface area contributed by atoms with Gasteiger partial charge in [-0.15, -0.1) is 0 Å². The van der Waals surface area contributed by atoms with Crippen LogP contribution in [0.3, 0.4) is 0 Å². The summed E-state index contributed by atoms with van der Waals surface area (Å²) >= 11 is 0. The zero-order valence-corrected chi connectivity index (χ0v) is 18.4. The van der Waals surface area contributed by atoms with E-state index in [4.69, 9.17) is 14.2 Å². The number of ether oxygens (including phenoxy) is 3. The Balaban J connectivity index is 1.26. The summed E-state index contributed by atoms with van der Waals surface area (Å²) in [5.74, 6) is 5.41. The van der Waals surface area contributed by atoms with E-state index in [2.05, 4.69) is 4.90 Å². The van der Waals surface area contributed by atoms with Crippen LogP contribution in [-0.2, 0) is 0 Å². The minimum Gasteiger partial charge on any atom is -0.493 e. The van der Waals surface area contributed by atoms with Gasteiger partial charge < -0.3 is 19.1 Å². The summed E-state index contributed by atoms with van der Waals surface area (Å²) in [7, 11) is 4.73. The van der Waals surface area contributed by atoms with Crippen molar-refractivity contribution in [1.82, 2.24) is 9.80 Å². The number of amides is 1. The molecular formula is C24H34N2O4. The summed E-state index contributed by atoms with van der Waals surface area (Å²) in [6.45, 7) is 3.56. The highest BCUT2D eigenvalue weighted by atomic mass is 16.5. The molecule has 4 saturated carbocycles. The molecule has 1 aliphatic heterocycles. The number of rotatable bonds is 5. The van der Waals surface area contributed by atoms with Gasteiger partial charge in [0.2, 0.25) is 5.75 Å². The van der Waals surface area contributed by atoms with E-state index in [-0.39, 0.29) is 5.91 Å². The molecule has 6 heteroatoms. The Morgan fingerprint density at radius 1 is 0.800 bits per heavy atom. The predicted molar refractivity (Wildman–Crippen MR) is 114 cm³/mol. The van der Waals surface area contributed by atoms with Gasteiger partial charge in [0.1, 0.15) is 0 Å². The number of piperazine rings is 1. The fraction of sp³-hybridized carbons (Fsp3) is 0.708. The lowest BCUT2D eigenvalue weighted by molar-refractivity contribution is -0.0743. The lowest BCUT2D eigenvalue weighted by Gasteiger charge is -2.58. The quantitative estimate of drug-likeness (QED) is 0.740. The molecule has 30 heavy (non-hydrogen) atoms. The molecule has 6 nitrogen and oxygen atoms in total. The molecule has 164 valence electrons. The van der Waals surface area contributed by atoms with Crippen molar-refractivity contribution in [3.8, 4) is 17.2 Å². The minimum atomic E-state index is 0.0407. The maximum absolute atomic E-state index is 13.2. The molecule has 0 N–H and O–H groups in total. The van der Waals surface area contributed by atoms with Gasteiger partial charge in [-0.25, -0.2) is 0 Å². The fourth-order valence-corrected chi connectivity index (χ4v) is 7.10. The van der Waals surface area contributed by atoms with Crippen LogP contribution in [0.4, 0.5) is 0 Å². The predicted octanol–water partition coefficient (Wildman–Crippen LogP) is 3.29. The maximum atomic E-state index is 13.2. The Morgan fingerprint density at radius 3 is 1.80 bits per heavy atom. The van der Waals surface area contributed by atoms with Crippen molar-refractivity contribution in [2.75, 3.05) is 47.5 Å². The normalized spacial score (nSPS) is 32.9. The van der Waals surface area contributed by atoms with Crippen molar-refractivity contribution in [2.24, 2.45) is 23.7 Å². The third-order valence-corrected chi connectivity index (χ3v) is 8.11. The Morgan fingerprint density at radius 2 is 1.33 bits per heavy atom. The van der Waals surface area contributed by atoms with Crippen LogP contribution in [0.2, 0.25) is 0 Å². The second-order valence-corrected chi connectivity index (χ2v) is 9.66. The van der Waals surface area contributed by atoms with Gasteiger partial charge in [0.15, 0.2) is 11.5 Å². The second-order valence-electron chi connectivity index (χ2n) is 9.66. The van der Waals surface area contributed by atoms with Crippen LogP contribution < -0.4 is 14.2 Å². The van der Waals surface area contributed by atoms with Crippen LogP contribution >= 0.6 is 0 Å². The van der Waals surface area contributed by atoms with Crippen molar-refractivity contribution in [3.63, 3.8) is 0 Å². The van der Waals surface area contributed by atoms with Gasteiger partial charge in [0.25, 0.3) is 5.91 Å². The molecule has 1 saturated heterocycles. The van der Waals surface area contributed by atoms with Crippen molar-refractivity contribution < 1.29 is 19.0 Å². The maximum Gasteiger partial charge on any atom is 0.254 e. The standard InChI is InChI=1S/C24H34N2O4/c1-28-20-13-19(14-21(29-2)23(20)30-3)24(27)26-6-4-25(5-7-26)22-17-9-15-8-16(11-17)12-18(22)10-15/h13-18,22H,4-12H2,1-3H3. The topological polar surface area (TPSA) is 51.2 Å². The first kappa shape index (κ1) is 20.0. The van der Waals surface area contributed by atoms with Crippen molar-refractivity contribution in [3.05, 3.63) is 17.7 Å². The Labute approximate surface area is 179 Å². The molecule has 0 spiro atoms. The van der Waals surface area contributed by atoms with Crippen molar-refractivity contribution in [1.29, 1.82) is 0 Å². The summed E-state index contributed by atoms with van der Waals surface area (Å²) in [4.78, 5) is 17.9. The molecule has 0 radical (unpaired) electrons. The van der Waals surface area contributed by atoms with Crippen LogP contribution in [0.25, 0.3) is 0 Å². The summed E-state index contributed by atoms with van der Waals surface area (Å²) in [5.41, 5.74) is 0.590. The molecule has 1 aromatic carbocycles. The summed E-state index contributed by atoms with van der Waals surface area (Å²) < 4.78 is 16.2. The van der Waals surface area contributed by atoms with E-state index < -0.39 is 0 Å². The fourth-order valence-electron chi connectivity index (χ4n) is 7.10. The molecule has 1 amide bonds. The summed E-state index contributed by atoms with van der Waals surface area (Å²) in [6, 6.07) is 4.28. The molecular weight excluding hydrogens is 380 g/mol. The minimum absolute atomic E-state index is 0.0407. The van der Waals surface area contributed by atoms with E-state index in [0.717, 1.165) is 55.9 Å². The number of carbonyl (C=O) groups excluding carboxylic acids is 1. The molecule has 6 rings (SSSR count). The van der Waals surface area contributed by atoms with E-state index in [1.807, 2.05) is 4.90 Å². The Bertz CT molecular complexity index is 749. The molecule has 4 aliphatic carbocycles. The molecule has 1 aromatic rings. The van der Waals surface area contributed by atoms with Crippen LogP contribution in [0.5, 0.6) is 17.2 Å². The second kappa shape index (κ2) is 7.95. The van der Waals surface area contributed by atoms with E-state index >= 15 is 0 Å². The molecule has 0 aromatic heterocycles. The van der Waals surface area contributed by atoms with Gasteiger partial charge in [0.05, 0.1) is 21.3 Å². The van der Waals surface area contributed by atoms with Gasteiger partial charge in [-0.1, -0.05) is 0 Å². The van der Waals surface area contributed by atoms with Gasteiger partial charge in [0, 0.05) is 37.8 Å². The lowest BCUT2D eigenvalue weighted by atomic mass is 9.54. The summed E-state index contributed by atoms with van der Waals surface area (Å²) in [6.07, 6.45) is 7.28. The van der Waals surface area contributed by atoms with Crippen molar-refractivity contribution >= 4 is 5.91 Å². The van der Waals surface area contributed by atoms with Crippen LogP contribution in [0.1, 0.15) is 42.5 Å². The number of methoxy groups -OCH3 is 3. The van der Waals surface area contributed by atoms with E-state index in [9.17, 15) is 4.79 Å². The number of hydrogen-bond acceptors (Lipinski definition) is 5. The highest BCUT2D eigenvalue weighted by molar-refractivity contribution is 5.95. The number of nitrogens with zero attached hydrogens (tertiary/aromatic N) is 2. The number of hydrogen-bond donors (Lipinski definition) is 0. The molecule has 5 fully saturated rings. The molecule has 5 aliphatic rings. The summed E-state index contributed by atoms with van der Waals surface area (Å²) in [5, 5.41) is 0. The Kier molecular flexibility index (Phi) is 5.30. The average molecular weight is 415 g/mol. The highest BCUT2D eigenvalue weighted by Gasteiger charge is 2.50. The first-order chi connectivity index (χ1) is 14.6. The first-order valence-corrected chi connectivity index (χ1v) is 11.4.